The van der Waals surface area contributed by atoms with Crippen LogP contribution in [0.1, 0.15) is 51.1 Å². The Bertz CT molecular complexity index is 1290. The molecule has 1 aliphatic carbocycles. The Balaban J connectivity index is 0.00000158. The maximum Gasteiger partial charge on any atom is 1.00 e. The van der Waals surface area contributed by atoms with Crippen molar-refractivity contribution in [2.75, 3.05) is 48.4 Å². The minimum absolute atomic E-state index is 0. The van der Waals surface area contributed by atoms with Gasteiger partial charge in [0.2, 0.25) is 0 Å². The fourth-order valence-corrected chi connectivity index (χ4v) is 4.81. The van der Waals surface area contributed by atoms with E-state index >= 15 is 0 Å². The molecule has 1 amide bonds. The number of ether oxygens (including phenoxy) is 1. The average Bonchev–Trinajstić information content (AvgIpc) is 3.74. The summed E-state index contributed by atoms with van der Waals surface area (Å²) in [5.74, 6) is 0.731. The molecule has 2 aromatic carbocycles. The van der Waals surface area contributed by atoms with Crippen LogP contribution in [0.5, 0.6) is 5.75 Å². The average molecular weight is 649 g/mol. The number of allylic oxidation sites excluding steroid dienone is 1. The predicted octanol–water partition coefficient (Wildman–Crippen LogP) is -0.259. The number of anilines is 3. The minimum Gasteiger partial charge on any atom is -1.00 e. The van der Waals surface area contributed by atoms with Gasteiger partial charge in [0.05, 0.1) is 13.4 Å². The Morgan fingerprint density at radius 3 is 2.16 bits per heavy atom. The van der Waals surface area contributed by atoms with Crippen LogP contribution >= 0.6 is 0 Å². The van der Waals surface area contributed by atoms with Gasteiger partial charge in [0, 0.05) is 61.1 Å². The van der Waals surface area contributed by atoms with Gasteiger partial charge in [-0.2, -0.15) is 6.42 Å². The van der Waals surface area contributed by atoms with Gasteiger partial charge in [-0.3, -0.25) is 16.1 Å². The SMILES string of the molecule is COc1cc(N2CCN(c3ccccc3C)CC2)c(NC(=O)C2=CCC(C3CC3)=N2)cc1[C-]=O.[CH2-]CC[C-]=O.[CH2-]C[CH2-].[H-].[K+].[K+]. The van der Waals surface area contributed by atoms with Crippen LogP contribution in [0.3, 0.4) is 0 Å². The summed E-state index contributed by atoms with van der Waals surface area (Å²) < 4.78 is 5.44. The molecular formula is C34H42K2N4O4-4. The van der Waals surface area contributed by atoms with E-state index in [1.807, 2.05) is 18.4 Å². The topological polar surface area (TPSA) is 91.3 Å². The molecule has 2 heterocycles. The first-order valence-electron chi connectivity index (χ1n) is 14.4. The van der Waals surface area contributed by atoms with E-state index in [9.17, 15) is 14.4 Å². The molecule has 0 unspecified atom stereocenters. The first-order chi connectivity index (χ1) is 20.4. The molecule has 2 aliphatic heterocycles. The number of amides is 1. The number of unbranched alkanes of at least 4 members (excludes halogenated alkanes) is 1. The zero-order chi connectivity index (χ0) is 30.5. The van der Waals surface area contributed by atoms with Gasteiger partial charge in [0.25, 0.3) is 5.91 Å². The van der Waals surface area contributed by atoms with E-state index in [0.717, 1.165) is 63.3 Å². The van der Waals surface area contributed by atoms with Crippen molar-refractivity contribution in [2.24, 2.45) is 10.9 Å². The van der Waals surface area contributed by atoms with Crippen LogP contribution in [-0.2, 0) is 14.4 Å². The van der Waals surface area contributed by atoms with Gasteiger partial charge in [-0.25, -0.2) is 6.42 Å². The molecule has 0 bridgehead atoms. The van der Waals surface area contributed by atoms with E-state index in [4.69, 9.17) is 4.74 Å². The first-order valence-corrected chi connectivity index (χ1v) is 14.4. The second kappa shape index (κ2) is 22.0. The molecule has 0 radical (unpaired) electrons. The van der Waals surface area contributed by atoms with Gasteiger partial charge in [-0.1, -0.05) is 24.3 Å². The maximum atomic E-state index is 13.0. The molecule has 8 nitrogen and oxygen atoms in total. The van der Waals surface area contributed by atoms with Crippen LogP contribution in [0.25, 0.3) is 0 Å². The first kappa shape index (κ1) is 41.4. The zero-order valence-corrected chi connectivity index (χ0v) is 33.0. The van der Waals surface area contributed by atoms with Gasteiger partial charge < -0.3 is 58.1 Å². The maximum absolute atomic E-state index is 13.0. The number of aliphatic imine (C=N–C) groups is 1. The smallest absolute Gasteiger partial charge is 1.00 e. The summed E-state index contributed by atoms with van der Waals surface area (Å²) in [6.45, 7) is 15.5. The summed E-state index contributed by atoms with van der Waals surface area (Å²) in [6.07, 6.45) is 10.5. The summed E-state index contributed by atoms with van der Waals surface area (Å²) >= 11 is 0. The molecule has 1 N–H and O–H groups in total. The number of carbonyl (C=O) groups is 1. The second-order valence-electron chi connectivity index (χ2n) is 10.2. The fourth-order valence-electron chi connectivity index (χ4n) is 4.81. The number of hydrogen-bond acceptors (Lipinski definition) is 7. The van der Waals surface area contributed by atoms with Crippen LogP contribution in [0.4, 0.5) is 17.1 Å². The third-order valence-corrected chi connectivity index (χ3v) is 7.08. The zero-order valence-electron chi connectivity index (χ0n) is 27.8. The van der Waals surface area contributed by atoms with E-state index in [1.54, 1.807) is 12.4 Å². The minimum atomic E-state index is -0.252. The molecule has 3 aliphatic rings. The van der Waals surface area contributed by atoms with Crippen molar-refractivity contribution >= 4 is 41.3 Å². The van der Waals surface area contributed by atoms with Crippen molar-refractivity contribution in [2.45, 2.75) is 45.4 Å². The summed E-state index contributed by atoms with van der Waals surface area (Å²) in [7, 11) is 1.53. The summed E-state index contributed by atoms with van der Waals surface area (Å²) in [6, 6.07) is 11.9. The monoisotopic (exact) mass is 648 g/mol. The summed E-state index contributed by atoms with van der Waals surface area (Å²) in [5, 5.41) is 3.00. The number of carbonyl (C=O) groups excluding carboxylic acids is 3. The number of methoxy groups -OCH3 is 1. The van der Waals surface area contributed by atoms with Crippen molar-refractivity contribution in [3.8, 4) is 5.75 Å². The number of hydrogen-bond donors (Lipinski definition) is 1. The number of nitrogens with zero attached hydrogens (tertiary/aromatic N) is 3. The standard InChI is InChI=1S/C27H29N4O3.C4H6O.C3H6.2K.H/c1-18-5-3-4-6-24(18)30-11-13-31(14-12-30)25-16-26(34-2)20(17-32)15-23(25)29-27(33)22-10-9-21(28-22)19-7-8-19;1-2-3-4-5;1-3-2;;;/h3-6,10,15-16,19H,7-9,11-14H2,1-2H3,(H,29,33);1-3H2;1-3H2;;;/q-1;2*-2;2*+1;-1. The number of para-hydroxylation sites is 1. The molecule has 0 aromatic heterocycles. The van der Waals surface area contributed by atoms with E-state index in [1.165, 1.54) is 18.4 Å². The van der Waals surface area contributed by atoms with Crippen molar-refractivity contribution < 1.29 is 123 Å². The van der Waals surface area contributed by atoms with E-state index in [0.29, 0.717) is 35.9 Å². The number of rotatable bonds is 9. The van der Waals surface area contributed by atoms with Gasteiger partial charge in [0.15, 0.2) is 0 Å². The van der Waals surface area contributed by atoms with Crippen LogP contribution in [0.15, 0.2) is 53.2 Å². The molecule has 0 spiro atoms. The molecule has 1 saturated carbocycles. The molecular weight excluding hydrogens is 607 g/mol. The van der Waals surface area contributed by atoms with Crippen LogP contribution in [0.2, 0.25) is 0 Å². The molecule has 44 heavy (non-hydrogen) atoms. The molecule has 10 heteroatoms. The van der Waals surface area contributed by atoms with Gasteiger partial charge in [-0.05, 0) is 43.4 Å². The number of piperazine rings is 1. The summed E-state index contributed by atoms with van der Waals surface area (Å²) in [5.41, 5.74) is 5.74. The Morgan fingerprint density at radius 2 is 1.66 bits per heavy atom. The fraction of sp³-hybridized carbons (Fsp3) is 0.382. The van der Waals surface area contributed by atoms with Crippen LogP contribution < -0.4 is 123 Å². The molecule has 0 atom stereocenters. The normalized spacial score (nSPS) is 15.0. The number of aryl methyl sites for hydroxylation is 1. The van der Waals surface area contributed by atoms with Gasteiger partial charge in [-0.15, -0.1) is 11.6 Å². The molecule has 2 fully saturated rings. The Hall–Kier alpha value is -0.667. The van der Waals surface area contributed by atoms with E-state index in [-0.39, 0.29) is 116 Å². The third kappa shape index (κ3) is 12.2. The number of nitrogens with one attached hydrogen (secondary N) is 1. The van der Waals surface area contributed by atoms with Crippen molar-refractivity contribution in [3.05, 3.63) is 80.1 Å². The van der Waals surface area contributed by atoms with Gasteiger partial charge >= 0.3 is 103 Å². The van der Waals surface area contributed by atoms with E-state index in [2.05, 4.69) is 72.1 Å². The Morgan fingerprint density at radius 1 is 1.05 bits per heavy atom. The predicted molar refractivity (Wildman–Crippen MR) is 172 cm³/mol. The number of benzene rings is 2. The Kier molecular flexibility index (Phi) is 20.7. The van der Waals surface area contributed by atoms with Crippen molar-refractivity contribution in [1.29, 1.82) is 0 Å². The van der Waals surface area contributed by atoms with Crippen molar-refractivity contribution in [3.63, 3.8) is 0 Å². The second-order valence-corrected chi connectivity index (χ2v) is 10.2. The van der Waals surface area contributed by atoms with Gasteiger partial charge in [0.1, 0.15) is 5.70 Å². The van der Waals surface area contributed by atoms with E-state index < -0.39 is 0 Å². The molecule has 228 valence electrons. The van der Waals surface area contributed by atoms with Crippen LogP contribution in [0, 0.1) is 33.6 Å². The van der Waals surface area contributed by atoms with Crippen molar-refractivity contribution in [1.82, 2.24) is 0 Å². The summed E-state index contributed by atoms with van der Waals surface area (Å²) in [4.78, 5) is 43.0. The largest absolute Gasteiger partial charge is 1.00 e. The Labute approximate surface area is 350 Å². The molecule has 5 rings (SSSR count). The quantitative estimate of drug-likeness (QED) is 0.298. The molecule has 1 saturated heterocycles. The third-order valence-electron chi connectivity index (χ3n) is 7.08. The molecule has 2 aromatic rings. The van der Waals surface area contributed by atoms with Crippen LogP contribution in [-0.4, -0.2) is 57.5 Å².